The van der Waals surface area contributed by atoms with E-state index < -0.39 is 67.1 Å². The number of quaternary nitrogens is 2. The lowest BCUT2D eigenvalue weighted by Crippen LogP contribution is -2.50. The maximum absolute atomic E-state index is 13.0. The van der Waals surface area contributed by atoms with Crippen LogP contribution in [0.2, 0.25) is 0 Å². The van der Waals surface area contributed by atoms with Gasteiger partial charge in [-0.3, -0.25) is 28.8 Å². The Balaban J connectivity index is -0.000000980. The van der Waals surface area contributed by atoms with E-state index in [0.29, 0.717) is 13.1 Å². The predicted molar refractivity (Wildman–Crippen MR) is 230 cm³/mol. The summed E-state index contributed by atoms with van der Waals surface area (Å²) in [6.07, 6.45) is 1.44. The van der Waals surface area contributed by atoms with Crippen LogP contribution in [0.4, 0.5) is 0 Å². The molecule has 0 aromatic rings. The van der Waals surface area contributed by atoms with Crippen LogP contribution in [0.1, 0.15) is 60.8 Å². The molecular weight excluding hydrogens is 952 g/mol. The van der Waals surface area contributed by atoms with E-state index in [1.54, 1.807) is 69.7 Å². The van der Waals surface area contributed by atoms with E-state index in [1.165, 1.54) is 14.2 Å². The molecular formula is C40H70Br2N4O16. The number of aliphatic hydroxyl groups is 2. The van der Waals surface area contributed by atoms with E-state index in [4.69, 9.17) is 29.2 Å². The molecule has 0 saturated heterocycles. The first-order valence-electron chi connectivity index (χ1n) is 19.4. The van der Waals surface area contributed by atoms with Crippen molar-refractivity contribution in [3.05, 3.63) is 12.7 Å². The van der Waals surface area contributed by atoms with E-state index in [9.17, 15) is 48.6 Å². The number of aliphatic carboxylic acids is 2. The third-order valence-corrected chi connectivity index (χ3v) is 10.2. The molecule has 3 unspecified atom stereocenters. The number of carbonyl (C=O) groups excluding carboxylic acids is 8. The maximum atomic E-state index is 13.0. The van der Waals surface area contributed by atoms with Crippen molar-refractivity contribution in [3.63, 3.8) is 0 Å². The molecule has 20 nitrogen and oxygen atoms in total. The molecule has 360 valence electrons. The molecule has 62 heavy (non-hydrogen) atoms. The number of likely N-dealkylation sites (N-methyl/N-ethyl adjacent to an activating group) is 2. The number of carboxylic acids is 2. The zero-order chi connectivity index (χ0) is 49.3. The Morgan fingerprint density at radius 2 is 1.08 bits per heavy atom. The van der Waals surface area contributed by atoms with Crippen molar-refractivity contribution in [1.82, 2.24) is 10.6 Å². The zero-order valence-electron chi connectivity index (χ0n) is 38.3. The van der Waals surface area contributed by atoms with Gasteiger partial charge in [-0.1, -0.05) is 38.4 Å². The smallest absolute Gasteiger partial charge is 0.322 e. The minimum Gasteiger partial charge on any atom is -0.544 e. The first kappa shape index (κ1) is 62.6. The fourth-order valence-corrected chi connectivity index (χ4v) is 7.48. The summed E-state index contributed by atoms with van der Waals surface area (Å²) in [7, 11) is 9.30. The fourth-order valence-electron chi connectivity index (χ4n) is 5.78. The molecule has 0 aromatic carbocycles. The van der Waals surface area contributed by atoms with Crippen molar-refractivity contribution >= 4 is 79.5 Å². The number of amides is 2. The highest BCUT2D eigenvalue weighted by Gasteiger charge is 2.46. The van der Waals surface area contributed by atoms with Gasteiger partial charge in [-0.15, -0.1) is 0 Å². The standard InChI is InChI=1S/C20H35BrN2O8.C15H26BrNO6.C5H9NO2/c1-19(2,17(28)30-6)13-20(3,11-14(21)16(27)22-7-9-24)18(29)31-10-8-23(4,5)12-15(25)26;1-14(2,12(20)22-6)10-15(3,16)13(21)23-8-7-17(4,5)9-11(18)19;1-2-5(8)6-3-4-7/h14,24H,7-13H2,1-6H3,(H-,22,25,26,27);7-10H2,1-6H3;2,7H,1,3-4H2,(H,6,8). The first-order chi connectivity index (χ1) is 28.1. The number of carboxylic acid groups (broad SMARTS) is 2. The normalized spacial score (nSPS) is 13.9. The van der Waals surface area contributed by atoms with E-state index in [1.807, 2.05) is 0 Å². The van der Waals surface area contributed by atoms with Crippen LogP contribution in [0.3, 0.4) is 0 Å². The van der Waals surface area contributed by atoms with Gasteiger partial charge in [0.05, 0.1) is 88.6 Å². The molecule has 0 aliphatic heterocycles. The highest BCUT2D eigenvalue weighted by molar-refractivity contribution is 9.10. The molecule has 0 aliphatic carbocycles. The van der Waals surface area contributed by atoms with Crippen LogP contribution in [-0.2, 0) is 57.3 Å². The second kappa shape index (κ2) is 28.9. The van der Waals surface area contributed by atoms with Gasteiger partial charge in [0.15, 0.2) is 0 Å². The maximum Gasteiger partial charge on any atom is 0.322 e. The Hall–Kier alpha value is -3.70. The number of rotatable bonds is 26. The van der Waals surface area contributed by atoms with Crippen molar-refractivity contribution in [2.45, 2.75) is 70.0 Å². The van der Waals surface area contributed by atoms with E-state index in [0.717, 1.165) is 6.08 Å². The molecule has 0 radical (unpaired) electrons. The number of aliphatic hydroxyl groups excluding tert-OH is 2. The summed E-state index contributed by atoms with van der Waals surface area (Å²) >= 11 is 6.58. The van der Waals surface area contributed by atoms with Gasteiger partial charge in [0.2, 0.25) is 11.8 Å². The number of ether oxygens (including phenoxy) is 4. The van der Waals surface area contributed by atoms with Crippen molar-refractivity contribution in [2.24, 2.45) is 16.2 Å². The van der Waals surface area contributed by atoms with Crippen molar-refractivity contribution < 1.29 is 86.7 Å². The summed E-state index contributed by atoms with van der Waals surface area (Å²) in [6.45, 7) is 13.4. The molecule has 3 atom stereocenters. The second-order valence-electron chi connectivity index (χ2n) is 17.4. The Morgan fingerprint density at radius 1 is 0.694 bits per heavy atom. The lowest BCUT2D eigenvalue weighted by atomic mass is 9.71. The summed E-state index contributed by atoms with van der Waals surface area (Å²) in [6, 6.07) is 0. The van der Waals surface area contributed by atoms with Crippen LogP contribution in [-0.4, -0.2) is 184 Å². The molecule has 22 heteroatoms. The lowest BCUT2D eigenvalue weighted by Gasteiger charge is -2.36. The molecule has 0 aromatic heterocycles. The molecule has 0 aliphatic rings. The van der Waals surface area contributed by atoms with Crippen LogP contribution in [0.5, 0.6) is 0 Å². The molecule has 0 fully saturated rings. The van der Waals surface area contributed by atoms with Crippen LogP contribution < -0.4 is 20.8 Å². The van der Waals surface area contributed by atoms with Gasteiger partial charge in [0.1, 0.15) is 43.7 Å². The minimum absolute atomic E-state index is 0.0282. The van der Waals surface area contributed by atoms with Gasteiger partial charge in [0, 0.05) is 13.1 Å². The number of nitrogens with zero attached hydrogens (tertiary/aromatic N) is 2. The van der Waals surface area contributed by atoms with Crippen molar-refractivity contribution in [2.75, 3.05) is 108 Å². The average Bonchev–Trinajstić information content (AvgIpc) is 3.13. The van der Waals surface area contributed by atoms with Gasteiger partial charge in [-0.25, -0.2) is 0 Å². The number of esters is 4. The van der Waals surface area contributed by atoms with E-state index >= 15 is 0 Å². The Bertz CT molecular complexity index is 1500. The van der Waals surface area contributed by atoms with Gasteiger partial charge < -0.3 is 68.6 Å². The SMILES string of the molecule is C=CC(=O)NCCO.COC(=O)C(C)(C)CC(C)(Br)C(=O)OCC[N+](C)(C)CC(=O)[O-].COC(=O)C(C)(C)CC(C)(CC(Br)C(=O)NCCO)C(=O)OCC[N+](C)(C)CC(=O)[O-]. The molecule has 4 N–H and O–H groups in total. The zero-order valence-corrected chi connectivity index (χ0v) is 41.5. The van der Waals surface area contributed by atoms with Crippen molar-refractivity contribution in [1.29, 1.82) is 0 Å². The predicted octanol–water partition coefficient (Wildman–Crippen LogP) is -1.41. The third kappa shape index (κ3) is 27.4. The molecule has 0 saturated carbocycles. The minimum atomic E-state index is -1.23. The number of methoxy groups -OCH3 is 2. The monoisotopic (exact) mass is 1020 g/mol. The van der Waals surface area contributed by atoms with Crippen LogP contribution in [0.25, 0.3) is 0 Å². The molecule has 0 heterocycles. The van der Waals surface area contributed by atoms with Gasteiger partial charge in [-0.2, -0.15) is 0 Å². The van der Waals surface area contributed by atoms with E-state index in [2.05, 4.69) is 49.1 Å². The third-order valence-electron chi connectivity index (χ3n) is 8.90. The summed E-state index contributed by atoms with van der Waals surface area (Å²) in [4.78, 5) is 92.3. The highest BCUT2D eigenvalue weighted by atomic mass is 79.9. The lowest BCUT2D eigenvalue weighted by molar-refractivity contribution is -0.884. The number of carbonyl (C=O) groups is 8. The number of hydrogen-bond donors (Lipinski definition) is 4. The Kier molecular flexibility index (Phi) is 29.2. The molecule has 0 spiro atoms. The van der Waals surface area contributed by atoms with Gasteiger partial charge in [0.25, 0.3) is 0 Å². The fraction of sp³-hybridized carbons (Fsp3) is 0.750. The highest BCUT2D eigenvalue weighted by Crippen LogP contribution is 2.41. The molecule has 0 bridgehead atoms. The van der Waals surface area contributed by atoms with Crippen LogP contribution in [0.15, 0.2) is 12.7 Å². The van der Waals surface area contributed by atoms with Gasteiger partial charge in [-0.05, 0) is 66.9 Å². The number of nitrogens with one attached hydrogen (secondary N) is 2. The molecule has 0 rings (SSSR count). The quantitative estimate of drug-likeness (QED) is 0.0255. The van der Waals surface area contributed by atoms with E-state index in [-0.39, 0.29) is 86.7 Å². The average molecular weight is 1020 g/mol. The van der Waals surface area contributed by atoms with Crippen molar-refractivity contribution in [3.8, 4) is 0 Å². The van der Waals surface area contributed by atoms with Gasteiger partial charge >= 0.3 is 23.9 Å². The second-order valence-corrected chi connectivity index (χ2v) is 20.3. The first-order valence-corrected chi connectivity index (χ1v) is 21.1. The summed E-state index contributed by atoms with van der Waals surface area (Å²) in [5.74, 6) is -5.07. The summed E-state index contributed by atoms with van der Waals surface area (Å²) in [5.41, 5.74) is -3.11. The Labute approximate surface area is 382 Å². The molecule has 2 amide bonds. The number of alkyl halides is 2. The Morgan fingerprint density at radius 3 is 1.45 bits per heavy atom. The topological polar surface area (TPSA) is 284 Å². The largest absolute Gasteiger partial charge is 0.544 e. The van der Waals surface area contributed by atoms with Crippen LogP contribution >= 0.6 is 31.9 Å². The number of halogens is 2. The summed E-state index contributed by atoms with van der Waals surface area (Å²) in [5, 5.41) is 43.4. The van der Waals surface area contributed by atoms with Crippen LogP contribution in [0, 0.1) is 16.2 Å². The number of hydrogen-bond acceptors (Lipinski definition) is 16. The summed E-state index contributed by atoms with van der Waals surface area (Å²) < 4.78 is 19.4.